The molecule has 2 rings (SSSR count). The number of hydrogen-bond acceptors (Lipinski definition) is 5. The van der Waals surface area contributed by atoms with Gasteiger partial charge in [0.2, 0.25) is 0 Å². The van der Waals surface area contributed by atoms with Gasteiger partial charge in [0.05, 0.1) is 25.1 Å². The smallest absolute Gasteiger partial charge is 0.303 e. The number of carboxylic acids is 2. The van der Waals surface area contributed by atoms with Crippen molar-refractivity contribution in [2.45, 2.75) is 25.4 Å². The van der Waals surface area contributed by atoms with Crippen LogP contribution in [0.1, 0.15) is 31.0 Å². The number of aliphatic carboxylic acids is 2. The van der Waals surface area contributed by atoms with Crippen LogP contribution in [0.3, 0.4) is 0 Å². The zero-order valence-electron chi connectivity index (χ0n) is 16.5. The number of nitrogens with zero attached hydrogens (tertiary/aromatic N) is 2. The Kier molecular flexibility index (Phi) is 9.84. The highest BCUT2D eigenvalue weighted by Gasteiger charge is 2.31. The van der Waals surface area contributed by atoms with Gasteiger partial charge in [-0.05, 0) is 38.7 Å². The van der Waals surface area contributed by atoms with Crippen LogP contribution in [-0.4, -0.2) is 59.3 Å². The van der Waals surface area contributed by atoms with Crippen LogP contribution >= 0.6 is 0 Å². The maximum Gasteiger partial charge on any atom is 0.303 e. The van der Waals surface area contributed by atoms with E-state index >= 15 is 0 Å². The number of hydrogen-bond donors (Lipinski definition) is 2. The van der Waals surface area contributed by atoms with Crippen molar-refractivity contribution in [1.82, 2.24) is 9.88 Å². The zero-order chi connectivity index (χ0) is 21.0. The Hall–Kier alpha value is -2.77. The summed E-state index contributed by atoms with van der Waals surface area (Å²) in [6.45, 7) is 3.63. The summed E-state index contributed by atoms with van der Waals surface area (Å²) in [6.07, 6.45) is 1.22. The fourth-order valence-corrected chi connectivity index (χ4v) is 2.35. The predicted molar refractivity (Wildman–Crippen MR) is 106 cm³/mol. The average molecular weight is 388 g/mol. The first-order valence-electron chi connectivity index (χ1n) is 8.95. The first kappa shape index (κ1) is 23.3. The molecule has 0 aliphatic carbocycles. The van der Waals surface area contributed by atoms with E-state index in [-0.39, 0.29) is 12.8 Å². The van der Waals surface area contributed by atoms with Crippen LogP contribution in [-0.2, 0) is 19.9 Å². The maximum atomic E-state index is 9.64. The summed E-state index contributed by atoms with van der Waals surface area (Å²) in [5.74, 6) is -2.15. The highest BCUT2D eigenvalue weighted by molar-refractivity contribution is 5.75. The molecule has 0 aliphatic rings. The molecule has 0 radical (unpaired) electrons. The third kappa shape index (κ3) is 8.28. The summed E-state index contributed by atoms with van der Waals surface area (Å²) in [4.78, 5) is 25.9. The molecule has 0 saturated carbocycles. The fraction of sp³-hybridized carbons (Fsp3) is 0.381. The maximum absolute atomic E-state index is 9.64. The minimum Gasteiger partial charge on any atom is -0.481 e. The molecule has 0 aliphatic heterocycles. The lowest BCUT2D eigenvalue weighted by atomic mass is 9.91. The summed E-state index contributed by atoms with van der Waals surface area (Å²) in [6, 6.07) is 16.2. The third-order valence-corrected chi connectivity index (χ3v) is 3.96. The molecule has 0 saturated heterocycles. The minimum absolute atomic E-state index is 0.296. The van der Waals surface area contributed by atoms with Gasteiger partial charge in [-0.15, -0.1) is 0 Å². The topological polar surface area (TPSA) is 100.0 Å². The van der Waals surface area contributed by atoms with Gasteiger partial charge >= 0.3 is 11.9 Å². The van der Waals surface area contributed by atoms with E-state index in [2.05, 4.69) is 28.9 Å². The molecule has 0 unspecified atom stereocenters. The van der Waals surface area contributed by atoms with Crippen molar-refractivity contribution in [2.75, 3.05) is 27.2 Å². The molecule has 28 heavy (non-hydrogen) atoms. The summed E-state index contributed by atoms with van der Waals surface area (Å²) in [5, 5.41) is 15.8. The molecule has 1 aromatic carbocycles. The van der Waals surface area contributed by atoms with E-state index in [4.69, 9.17) is 14.9 Å². The van der Waals surface area contributed by atoms with Crippen molar-refractivity contribution in [1.29, 1.82) is 0 Å². The minimum atomic E-state index is -1.08. The second-order valence-electron chi connectivity index (χ2n) is 6.55. The van der Waals surface area contributed by atoms with E-state index in [0.29, 0.717) is 6.61 Å². The van der Waals surface area contributed by atoms with Crippen molar-refractivity contribution in [3.63, 3.8) is 0 Å². The van der Waals surface area contributed by atoms with Crippen LogP contribution in [0.25, 0.3) is 0 Å². The number of pyridine rings is 1. The van der Waals surface area contributed by atoms with Crippen LogP contribution < -0.4 is 0 Å². The molecule has 1 heterocycles. The second kappa shape index (κ2) is 11.8. The highest BCUT2D eigenvalue weighted by atomic mass is 16.5. The second-order valence-corrected chi connectivity index (χ2v) is 6.55. The molecule has 7 nitrogen and oxygen atoms in total. The molecule has 2 aromatic rings. The number of carboxylic acid groups (broad SMARTS) is 2. The number of likely N-dealkylation sites (N-methyl/N-ethyl adjacent to an activating group) is 1. The lowest BCUT2D eigenvalue weighted by Gasteiger charge is -2.30. The van der Waals surface area contributed by atoms with Crippen molar-refractivity contribution in [3.8, 4) is 0 Å². The molecule has 0 bridgehead atoms. The lowest BCUT2D eigenvalue weighted by molar-refractivity contribution is -0.143. The van der Waals surface area contributed by atoms with Gasteiger partial charge in [0.15, 0.2) is 0 Å². The lowest BCUT2D eigenvalue weighted by Crippen LogP contribution is -2.32. The summed E-state index contributed by atoms with van der Waals surface area (Å²) < 4.78 is 6.21. The molecule has 0 fully saturated rings. The standard InChI is InChI=1S/C17H22N2O.C4H6O4/c1-17(20-14-13-19(2)3,15-9-5-4-6-10-15)16-11-7-8-12-18-16;5-3(6)1-2-4(7)8/h4-12H,13-14H2,1-3H3;1-2H2,(H,5,6)(H,7,8)/t17-;/m1./s1. The van der Waals surface area contributed by atoms with Crippen LogP contribution in [0.2, 0.25) is 0 Å². The van der Waals surface area contributed by atoms with Gasteiger partial charge in [-0.2, -0.15) is 0 Å². The number of ether oxygens (including phenoxy) is 1. The number of aromatic nitrogens is 1. The number of carbonyl (C=O) groups is 2. The molecule has 7 heteroatoms. The van der Waals surface area contributed by atoms with E-state index < -0.39 is 17.5 Å². The van der Waals surface area contributed by atoms with E-state index in [1.807, 2.05) is 56.7 Å². The SMILES string of the molecule is CN(C)CCO[C@](C)(c1ccccc1)c1ccccn1.O=C(O)CCC(=O)O. The Morgan fingerprint density at radius 1 is 1.00 bits per heavy atom. The van der Waals surface area contributed by atoms with Crippen molar-refractivity contribution < 1.29 is 24.5 Å². The van der Waals surface area contributed by atoms with Gasteiger partial charge in [-0.3, -0.25) is 14.6 Å². The fourth-order valence-electron chi connectivity index (χ4n) is 2.35. The normalized spacial score (nSPS) is 12.6. The van der Waals surface area contributed by atoms with Gasteiger partial charge in [-0.1, -0.05) is 36.4 Å². The monoisotopic (exact) mass is 388 g/mol. The molecular formula is C21H28N2O5. The Labute approximate surface area is 165 Å². The number of benzene rings is 1. The van der Waals surface area contributed by atoms with Crippen molar-refractivity contribution in [3.05, 3.63) is 66.0 Å². The highest BCUT2D eigenvalue weighted by Crippen LogP contribution is 2.31. The Bertz CT molecular complexity index is 667. The average Bonchev–Trinajstić information content (AvgIpc) is 2.68. The predicted octanol–water partition coefficient (Wildman–Crippen LogP) is 2.86. The molecule has 2 N–H and O–H groups in total. The Balaban J connectivity index is 0.000000416. The van der Waals surface area contributed by atoms with Gasteiger partial charge in [0, 0.05) is 12.7 Å². The Morgan fingerprint density at radius 2 is 1.57 bits per heavy atom. The first-order chi connectivity index (χ1) is 13.3. The first-order valence-corrected chi connectivity index (χ1v) is 8.95. The largest absolute Gasteiger partial charge is 0.481 e. The molecule has 0 spiro atoms. The van der Waals surface area contributed by atoms with Gasteiger partial charge in [0.1, 0.15) is 5.60 Å². The zero-order valence-corrected chi connectivity index (χ0v) is 16.5. The van der Waals surface area contributed by atoms with Crippen molar-refractivity contribution in [2.24, 2.45) is 0 Å². The van der Waals surface area contributed by atoms with Crippen molar-refractivity contribution >= 4 is 11.9 Å². The molecule has 1 atom stereocenters. The van der Waals surface area contributed by atoms with E-state index in [1.54, 1.807) is 0 Å². The summed E-state index contributed by atoms with van der Waals surface area (Å²) in [5.41, 5.74) is 1.54. The Morgan fingerprint density at radius 3 is 2.04 bits per heavy atom. The summed E-state index contributed by atoms with van der Waals surface area (Å²) >= 11 is 0. The molecule has 152 valence electrons. The molecule has 0 amide bonds. The number of rotatable bonds is 9. The van der Waals surface area contributed by atoms with Crippen LogP contribution in [0.5, 0.6) is 0 Å². The van der Waals surface area contributed by atoms with Crippen LogP contribution in [0.15, 0.2) is 54.7 Å². The van der Waals surface area contributed by atoms with Gasteiger partial charge in [0.25, 0.3) is 0 Å². The van der Waals surface area contributed by atoms with E-state index in [9.17, 15) is 9.59 Å². The quantitative estimate of drug-likeness (QED) is 0.681. The summed E-state index contributed by atoms with van der Waals surface area (Å²) in [7, 11) is 4.09. The molecular weight excluding hydrogens is 360 g/mol. The van der Waals surface area contributed by atoms with E-state index in [1.165, 1.54) is 0 Å². The third-order valence-electron chi connectivity index (χ3n) is 3.96. The molecule has 1 aromatic heterocycles. The van der Waals surface area contributed by atoms with Gasteiger partial charge in [-0.25, -0.2) is 0 Å². The van der Waals surface area contributed by atoms with E-state index in [0.717, 1.165) is 17.8 Å². The van der Waals surface area contributed by atoms with Crippen LogP contribution in [0, 0.1) is 0 Å². The van der Waals surface area contributed by atoms with Gasteiger partial charge < -0.3 is 19.8 Å². The van der Waals surface area contributed by atoms with Crippen LogP contribution in [0.4, 0.5) is 0 Å².